The number of hydrogen-bond acceptors (Lipinski definition) is 5. The van der Waals surface area contributed by atoms with Crippen molar-refractivity contribution in [2.75, 3.05) is 18.8 Å². The molecule has 6 nitrogen and oxygen atoms in total. The van der Waals surface area contributed by atoms with Crippen molar-refractivity contribution in [2.45, 2.75) is 37.8 Å². The topological polar surface area (TPSA) is 60.2 Å². The van der Waals surface area contributed by atoms with Gasteiger partial charge in [-0.3, -0.25) is 9.36 Å². The molecule has 0 bridgehead atoms. The third kappa shape index (κ3) is 4.75. The lowest BCUT2D eigenvalue weighted by atomic mass is 10.2. The number of thioether (sulfide) groups is 1. The number of morpholine rings is 1. The average molecular weight is 390 g/mol. The zero-order chi connectivity index (χ0) is 19.4. The number of benzene rings is 1. The van der Waals surface area contributed by atoms with Crippen LogP contribution in [-0.2, 0) is 16.1 Å². The highest BCUT2D eigenvalue weighted by atomic mass is 32.2. The van der Waals surface area contributed by atoms with E-state index in [1.165, 1.54) is 23.9 Å². The number of hydrogen-bond donors (Lipinski definition) is 0. The van der Waals surface area contributed by atoms with Crippen LogP contribution in [0.25, 0.3) is 11.4 Å². The molecule has 0 radical (unpaired) electrons. The summed E-state index contributed by atoms with van der Waals surface area (Å²) in [5, 5.41) is 9.08. The van der Waals surface area contributed by atoms with Crippen molar-refractivity contribution in [2.24, 2.45) is 0 Å². The summed E-state index contributed by atoms with van der Waals surface area (Å²) in [6.07, 6.45) is 1.82. The molecule has 1 aromatic carbocycles. The van der Waals surface area contributed by atoms with Gasteiger partial charge in [-0.15, -0.1) is 16.8 Å². The van der Waals surface area contributed by atoms with Crippen molar-refractivity contribution >= 4 is 17.7 Å². The molecule has 1 aromatic heterocycles. The third-order valence-corrected chi connectivity index (χ3v) is 5.18. The first-order valence-corrected chi connectivity index (χ1v) is 9.82. The molecule has 1 aliphatic heterocycles. The van der Waals surface area contributed by atoms with E-state index < -0.39 is 0 Å². The van der Waals surface area contributed by atoms with Gasteiger partial charge in [0.25, 0.3) is 0 Å². The molecule has 2 atom stereocenters. The van der Waals surface area contributed by atoms with E-state index in [4.69, 9.17) is 4.74 Å². The van der Waals surface area contributed by atoms with Gasteiger partial charge in [-0.1, -0.05) is 17.8 Å². The highest BCUT2D eigenvalue weighted by molar-refractivity contribution is 7.99. The molecule has 0 unspecified atom stereocenters. The van der Waals surface area contributed by atoms with Crippen molar-refractivity contribution < 1.29 is 13.9 Å². The second kappa shape index (κ2) is 8.67. The maximum atomic E-state index is 13.2. The molecule has 8 heteroatoms. The Labute approximate surface area is 162 Å². The minimum atomic E-state index is -0.303. The maximum Gasteiger partial charge on any atom is 0.233 e. The molecule has 1 aliphatic rings. The summed E-state index contributed by atoms with van der Waals surface area (Å²) >= 11 is 1.35. The summed E-state index contributed by atoms with van der Waals surface area (Å²) in [7, 11) is 0. The maximum absolute atomic E-state index is 13.2. The molecule has 27 heavy (non-hydrogen) atoms. The van der Waals surface area contributed by atoms with Gasteiger partial charge in [0.05, 0.1) is 18.0 Å². The van der Waals surface area contributed by atoms with Crippen LogP contribution in [0, 0.1) is 5.82 Å². The lowest BCUT2D eigenvalue weighted by Gasteiger charge is -2.35. The Balaban J connectivity index is 1.72. The summed E-state index contributed by atoms with van der Waals surface area (Å²) < 4.78 is 20.7. The number of rotatable bonds is 6. The molecule has 0 aliphatic carbocycles. The number of carbonyl (C=O) groups is 1. The van der Waals surface area contributed by atoms with Crippen LogP contribution in [-0.4, -0.2) is 56.6 Å². The molecule has 3 rings (SSSR count). The van der Waals surface area contributed by atoms with Crippen LogP contribution >= 0.6 is 11.8 Å². The number of ether oxygens (including phenoxy) is 1. The Morgan fingerprint density at radius 1 is 1.30 bits per heavy atom. The van der Waals surface area contributed by atoms with Crippen molar-refractivity contribution in [3.05, 3.63) is 42.7 Å². The van der Waals surface area contributed by atoms with Gasteiger partial charge in [0, 0.05) is 25.2 Å². The highest BCUT2D eigenvalue weighted by Crippen LogP contribution is 2.25. The standard InChI is InChI=1S/C19H23FN4O2S/c1-4-9-24-18(15-5-7-16(20)8-6-15)21-22-19(24)27-12-17(25)23-10-13(2)26-14(3)11-23/h4-8,13-14H,1,9-12H2,2-3H3/t13-,14-/m0/s1. The first-order valence-electron chi connectivity index (χ1n) is 8.84. The van der Waals surface area contributed by atoms with Crippen LogP contribution in [0.4, 0.5) is 4.39 Å². The van der Waals surface area contributed by atoms with E-state index in [2.05, 4.69) is 16.8 Å². The summed E-state index contributed by atoms with van der Waals surface area (Å²) in [6.45, 7) is 9.42. The Morgan fingerprint density at radius 2 is 1.96 bits per heavy atom. The van der Waals surface area contributed by atoms with E-state index in [-0.39, 0.29) is 29.7 Å². The van der Waals surface area contributed by atoms with Crippen LogP contribution in [0.2, 0.25) is 0 Å². The van der Waals surface area contributed by atoms with E-state index in [1.54, 1.807) is 18.2 Å². The SMILES string of the molecule is C=CCn1c(SCC(=O)N2C[C@H](C)O[C@@H](C)C2)nnc1-c1ccc(F)cc1. The number of carbonyl (C=O) groups excluding carboxylic acids is 1. The van der Waals surface area contributed by atoms with Gasteiger partial charge in [0.15, 0.2) is 11.0 Å². The van der Waals surface area contributed by atoms with Crippen molar-refractivity contribution in [3.63, 3.8) is 0 Å². The zero-order valence-electron chi connectivity index (χ0n) is 15.5. The molecule has 0 saturated carbocycles. The largest absolute Gasteiger partial charge is 0.372 e. The number of nitrogens with zero attached hydrogens (tertiary/aromatic N) is 4. The molecular weight excluding hydrogens is 367 g/mol. The monoisotopic (exact) mass is 390 g/mol. The molecule has 0 spiro atoms. The molecule has 144 valence electrons. The molecule has 2 heterocycles. The number of amides is 1. The Morgan fingerprint density at radius 3 is 2.59 bits per heavy atom. The third-order valence-electron chi connectivity index (χ3n) is 4.23. The number of aromatic nitrogens is 3. The van der Waals surface area contributed by atoms with Crippen LogP contribution in [0.3, 0.4) is 0 Å². The minimum Gasteiger partial charge on any atom is -0.372 e. The van der Waals surface area contributed by atoms with Crippen molar-refractivity contribution in [1.29, 1.82) is 0 Å². The minimum absolute atomic E-state index is 0.0391. The normalized spacial score (nSPS) is 19.9. The summed E-state index contributed by atoms with van der Waals surface area (Å²) in [5.41, 5.74) is 0.764. The van der Waals surface area contributed by atoms with Crippen LogP contribution < -0.4 is 0 Å². The molecule has 1 amide bonds. The first-order chi connectivity index (χ1) is 13.0. The fourth-order valence-electron chi connectivity index (χ4n) is 3.10. The van der Waals surface area contributed by atoms with E-state index >= 15 is 0 Å². The van der Waals surface area contributed by atoms with Gasteiger partial charge in [-0.2, -0.15) is 0 Å². The highest BCUT2D eigenvalue weighted by Gasteiger charge is 2.26. The number of halogens is 1. The van der Waals surface area contributed by atoms with Crippen LogP contribution in [0.15, 0.2) is 42.1 Å². The van der Waals surface area contributed by atoms with Gasteiger partial charge in [0.1, 0.15) is 5.82 Å². The molecule has 2 aromatic rings. The molecule has 0 N–H and O–H groups in total. The molecule has 1 fully saturated rings. The van der Waals surface area contributed by atoms with Crippen LogP contribution in [0.1, 0.15) is 13.8 Å². The second-order valence-corrected chi connectivity index (χ2v) is 7.50. The number of allylic oxidation sites excluding steroid dienone is 1. The van der Waals surface area contributed by atoms with Crippen molar-refractivity contribution in [1.82, 2.24) is 19.7 Å². The van der Waals surface area contributed by atoms with Gasteiger partial charge in [-0.25, -0.2) is 4.39 Å². The van der Waals surface area contributed by atoms with E-state index in [0.29, 0.717) is 30.6 Å². The zero-order valence-corrected chi connectivity index (χ0v) is 16.3. The fraction of sp³-hybridized carbons (Fsp3) is 0.421. The quantitative estimate of drug-likeness (QED) is 0.561. The summed E-state index contributed by atoms with van der Waals surface area (Å²) in [4.78, 5) is 14.4. The van der Waals surface area contributed by atoms with E-state index in [1.807, 2.05) is 23.3 Å². The Bertz CT molecular complexity index is 799. The van der Waals surface area contributed by atoms with Gasteiger partial charge < -0.3 is 9.64 Å². The Hall–Kier alpha value is -2.19. The molecule has 1 saturated heterocycles. The lowest BCUT2D eigenvalue weighted by Crippen LogP contribution is -2.48. The predicted molar refractivity (Wildman–Crippen MR) is 103 cm³/mol. The summed E-state index contributed by atoms with van der Waals surface area (Å²) in [6, 6.07) is 6.10. The average Bonchev–Trinajstić information content (AvgIpc) is 3.02. The van der Waals surface area contributed by atoms with Gasteiger partial charge in [0.2, 0.25) is 5.91 Å². The lowest BCUT2D eigenvalue weighted by molar-refractivity contribution is -0.140. The smallest absolute Gasteiger partial charge is 0.233 e. The molecular formula is C19H23FN4O2S. The van der Waals surface area contributed by atoms with Gasteiger partial charge >= 0.3 is 0 Å². The summed E-state index contributed by atoms with van der Waals surface area (Å²) in [5.74, 6) is 0.651. The van der Waals surface area contributed by atoms with E-state index in [0.717, 1.165) is 5.56 Å². The van der Waals surface area contributed by atoms with Crippen molar-refractivity contribution in [3.8, 4) is 11.4 Å². The van der Waals surface area contributed by atoms with Gasteiger partial charge in [-0.05, 0) is 38.1 Å². The Kier molecular flexibility index (Phi) is 6.28. The fourth-order valence-corrected chi connectivity index (χ4v) is 3.95. The second-order valence-electron chi connectivity index (χ2n) is 6.56. The predicted octanol–water partition coefficient (Wildman–Crippen LogP) is 3.00. The first kappa shape index (κ1) is 19.6. The van der Waals surface area contributed by atoms with E-state index in [9.17, 15) is 9.18 Å². The van der Waals surface area contributed by atoms with Crippen LogP contribution in [0.5, 0.6) is 0 Å².